The largest absolute Gasteiger partial charge is 0.462 e. The lowest BCUT2D eigenvalue weighted by Crippen LogP contribution is -2.19. The molecule has 1 rings (SSSR count). The van der Waals surface area contributed by atoms with Gasteiger partial charge in [-0.05, 0) is 35.6 Å². The lowest BCUT2D eigenvalue weighted by molar-refractivity contribution is -0.141. The third-order valence-electron chi connectivity index (χ3n) is 2.00. The predicted octanol–water partition coefficient (Wildman–Crippen LogP) is 3.82. The molecule has 0 radical (unpaired) electrons. The molecule has 9 heteroatoms. The molecule has 0 saturated carbocycles. The first-order valence-corrected chi connectivity index (χ1v) is 5.99. The molecule has 0 aliphatic heterocycles. The summed E-state index contributed by atoms with van der Waals surface area (Å²) in [6.07, 6.45) is -7.96. The summed E-state index contributed by atoms with van der Waals surface area (Å²) >= 11 is 1.26. The molecule has 3 nitrogen and oxygen atoms in total. The van der Waals surface area contributed by atoms with Crippen LogP contribution in [0.5, 0.6) is 0 Å². The minimum atomic E-state index is -4.93. The van der Waals surface area contributed by atoms with Crippen molar-refractivity contribution >= 4 is 28.6 Å². The van der Waals surface area contributed by atoms with Crippen molar-refractivity contribution in [3.05, 3.63) is 26.6 Å². The summed E-state index contributed by atoms with van der Waals surface area (Å²) in [5, 5.41) is 0. The molecule has 0 bridgehead atoms. The summed E-state index contributed by atoms with van der Waals surface area (Å²) < 4.78 is 67.2. The Morgan fingerprint density at radius 2 is 2.05 bits per heavy atom. The number of hydrogen-bond acceptors (Lipinski definition) is 3. The molecular formula is C10H7F5INO2. The van der Waals surface area contributed by atoms with Crippen LogP contribution in [0.2, 0.25) is 0 Å². The molecule has 1 aromatic heterocycles. The van der Waals surface area contributed by atoms with Crippen molar-refractivity contribution in [2.45, 2.75) is 19.5 Å². The Morgan fingerprint density at radius 3 is 2.47 bits per heavy atom. The summed E-state index contributed by atoms with van der Waals surface area (Å²) in [5.41, 5.74) is -3.28. The second kappa shape index (κ2) is 5.97. The lowest BCUT2D eigenvalue weighted by Gasteiger charge is -2.13. The van der Waals surface area contributed by atoms with Gasteiger partial charge in [-0.1, -0.05) is 0 Å². The van der Waals surface area contributed by atoms with E-state index in [1.165, 1.54) is 29.5 Å². The normalized spacial score (nSPS) is 11.8. The van der Waals surface area contributed by atoms with E-state index in [9.17, 15) is 26.7 Å². The van der Waals surface area contributed by atoms with Crippen LogP contribution in [-0.2, 0) is 10.9 Å². The third kappa shape index (κ3) is 3.74. The number of alkyl halides is 5. The minimum absolute atomic E-state index is 0.174. The van der Waals surface area contributed by atoms with Gasteiger partial charge in [-0.15, -0.1) is 0 Å². The molecule has 0 unspecified atom stereocenters. The molecule has 0 aliphatic rings. The zero-order chi connectivity index (χ0) is 14.8. The van der Waals surface area contributed by atoms with E-state index in [0.717, 1.165) is 0 Å². The van der Waals surface area contributed by atoms with Gasteiger partial charge in [-0.2, -0.15) is 13.2 Å². The molecule has 0 atom stereocenters. The summed E-state index contributed by atoms with van der Waals surface area (Å²) in [4.78, 5) is 14.4. The maximum Gasteiger partial charge on any atom is 0.434 e. The van der Waals surface area contributed by atoms with Crippen LogP contribution in [0.3, 0.4) is 0 Å². The Balaban J connectivity index is 3.46. The summed E-state index contributed by atoms with van der Waals surface area (Å²) in [7, 11) is 0. The number of hydrogen-bond donors (Lipinski definition) is 0. The van der Waals surface area contributed by atoms with E-state index in [2.05, 4.69) is 9.72 Å². The number of ether oxygens (including phenoxy) is 1. The van der Waals surface area contributed by atoms with Crippen LogP contribution in [0.1, 0.15) is 35.0 Å². The van der Waals surface area contributed by atoms with Crippen molar-refractivity contribution < 1.29 is 31.5 Å². The van der Waals surface area contributed by atoms with Gasteiger partial charge in [-0.25, -0.2) is 18.6 Å². The van der Waals surface area contributed by atoms with Gasteiger partial charge in [0.15, 0.2) is 5.69 Å². The minimum Gasteiger partial charge on any atom is -0.462 e. The van der Waals surface area contributed by atoms with Crippen LogP contribution >= 0.6 is 22.6 Å². The Bertz CT molecular complexity index is 490. The fourth-order valence-corrected chi connectivity index (χ4v) is 1.87. The van der Waals surface area contributed by atoms with Crippen molar-refractivity contribution in [3.63, 3.8) is 0 Å². The van der Waals surface area contributed by atoms with E-state index in [-0.39, 0.29) is 6.61 Å². The lowest BCUT2D eigenvalue weighted by atomic mass is 10.1. The quantitative estimate of drug-likeness (QED) is 0.338. The van der Waals surface area contributed by atoms with Gasteiger partial charge < -0.3 is 4.74 Å². The predicted molar refractivity (Wildman–Crippen MR) is 62.9 cm³/mol. The molecule has 0 saturated heterocycles. The van der Waals surface area contributed by atoms with Crippen LogP contribution < -0.4 is 0 Å². The molecule has 0 amide bonds. The van der Waals surface area contributed by atoms with Crippen LogP contribution in [0.15, 0.2) is 6.07 Å². The molecule has 19 heavy (non-hydrogen) atoms. The fraction of sp³-hybridized carbons (Fsp3) is 0.400. The Kier molecular flexibility index (Phi) is 5.04. The van der Waals surface area contributed by atoms with E-state index < -0.39 is 39.1 Å². The summed E-state index contributed by atoms with van der Waals surface area (Å²) in [6, 6.07) is 0.472. The van der Waals surface area contributed by atoms with Crippen LogP contribution in [0.25, 0.3) is 0 Å². The highest BCUT2D eigenvalue weighted by atomic mass is 127. The number of aromatic nitrogens is 1. The van der Waals surface area contributed by atoms with Gasteiger partial charge in [-0.3, -0.25) is 0 Å². The monoisotopic (exact) mass is 395 g/mol. The number of pyridine rings is 1. The van der Waals surface area contributed by atoms with Gasteiger partial charge in [0.05, 0.1) is 17.7 Å². The van der Waals surface area contributed by atoms with Gasteiger partial charge in [0.1, 0.15) is 3.70 Å². The Hall–Kier alpha value is -1.00. The van der Waals surface area contributed by atoms with Gasteiger partial charge in [0, 0.05) is 0 Å². The molecule has 0 spiro atoms. The molecule has 0 fully saturated rings. The summed E-state index contributed by atoms with van der Waals surface area (Å²) in [5.74, 6) is -1.33. The highest BCUT2D eigenvalue weighted by Crippen LogP contribution is 2.34. The van der Waals surface area contributed by atoms with Crippen molar-refractivity contribution in [2.75, 3.05) is 6.61 Å². The molecule has 1 heterocycles. The summed E-state index contributed by atoms with van der Waals surface area (Å²) in [6.45, 7) is 1.21. The molecule has 0 aromatic carbocycles. The van der Waals surface area contributed by atoms with Crippen molar-refractivity contribution in [1.29, 1.82) is 0 Å². The van der Waals surface area contributed by atoms with Gasteiger partial charge in [0.25, 0.3) is 6.43 Å². The molecule has 0 aliphatic carbocycles. The van der Waals surface area contributed by atoms with Crippen molar-refractivity contribution in [2.24, 2.45) is 0 Å². The van der Waals surface area contributed by atoms with E-state index >= 15 is 0 Å². The fourth-order valence-electron chi connectivity index (χ4n) is 1.24. The van der Waals surface area contributed by atoms with E-state index in [1.54, 1.807) is 0 Å². The SMILES string of the molecule is CCOC(=O)c1cc(C(F)F)c(I)nc1C(F)(F)F. The first-order chi connectivity index (χ1) is 8.68. The zero-order valence-electron chi connectivity index (χ0n) is 9.39. The number of halogens is 6. The van der Waals surface area contributed by atoms with Crippen LogP contribution in [-0.4, -0.2) is 17.6 Å². The smallest absolute Gasteiger partial charge is 0.434 e. The van der Waals surface area contributed by atoms with Crippen molar-refractivity contribution in [1.82, 2.24) is 4.98 Å². The van der Waals surface area contributed by atoms with E-state index in [4.69, 9.17) is 0 Å². The Labute approximate surface area is 118 Å². The third-order valence-corrected chi connectivity index (χ3v) is 2.87. The van der Waals surface area contributed by atoms with E-state index in [0.29, 0.717) is 6.07 Å². The van der Waals surface area contributed by atoms with Gasteiger partial charge >= 0.3 is 12.1 Å². The standard InChI is InChI=1S/C10H7F5INO2/c1-2-19-9(18)4-3-5(7(11)12)8(16)17-6(4)10(13,14)15/h3,7H,2H2,1H3. The van der Waals surface area contributed by atoms with Crippen molar-refractivity contribution in [3.8, 4) is 0 Å². The average molecular weight is 395 g/mol. The second-order valence-electron chi connectivity index (χ2n) is 3.28. The molecule has 0 N–H and O–H groups in total. The highest BCUT2D eigenvalue weighted by molar-refractivity contribution is 14.1. The maximum absolute atomic E-state index is 12.7. The van der Waals surface area contributed by atoms with Crippen LogP contribution in [0.4, 0.5) is 22.0 Å². The number of rotatable bonds is 3. The molecule has 1 aromatic rings. The second-order valence-corrected chi connectivity index (χ2v) is 4.31. The first-order valence-electron chi connectivity index (χ1n) is 4.91. The maximum atomic E-state index is 12.7. The molecule has 106 valence electrons. The number of carbonyl (C=O) groups is 1. The van der Waals surface area contributed by atoms with E-state index in [1.807, 2.05) is 0 Å². The molecular weight excluding hydrogens is 388 g/mol. The topological polar surface area (TPSA) is 39.2 Å². The zero-order valence-corrected chi connectivity index (χ0v) is 11.6. The first kappa shape index (κ1) is 16.1. The number of esters is 1. The Morgan fingerprint density at radius 1 is 1.47 bits per heavy atom. The highest BCUT2D eigenvalue weighted by Gasteiger charge is 2.39. The number of carbonyl (C=O) groups excluding carboxylic acids is 1. The van der Waals surface area contributed by atoms with Crippen LogP contribution in [0, 0.1) is 3.70 Å². The number of nitrogens with zero attached hydrogens (tertiary/aromatic N) is 1. The average Bonchev–Trinajstić information content (AvgIpc) is 2.27. The van der Waals surface area contributed by atoms with Gasteiger partial charge in [0.2, 0.25) is 0 Å².